The first kappa shape index (κ1) is 13.8. The van der Waals surface area contributed by atoms with E-state index in [9.17, 15) is 4.79 Å². The SMILES string of the molecule is COc1c(Cl)cc(Cl)cc1NC(=O)C1CSCN1. The lowest BCUT2D eigenvalue weighted by molar-refractivity contribution is -0.117. The molecule has 1 saturated heterocycles. The molecule has 1 heterocycles. The van der Waals surface area contributed by atoms with Crippen LogP contribution in [0.4, 0.5) is 5.69 Å². The number of hydrogen-bond acceptors (Lipinski definition) is 4. The number of nitrogens with one attached hydrogen (secondary N) is 2. The van der Waals surface area contributed by atoms with Crippen molar-refractivity contribution in [2.45, 2.75) is 6.04 Å². The van der Waals surface area contributed by atoms with E-state index in [0.717, 1.165) is 11.6 Å². The Balaban J connectivity index is 2.19. The van der Waals surface area contributed by atoms with Gasteiger partial charge in [0.15, 0.2) is 5.75 Å². The quantitative estimate of drug-likeness (QED) is 0.901. The van der Waals surface area contributed by atoms with Crippen LogP contribution in [0.2, 0.25) is 10.0 Å². The molecule has 1 unspecified atom stereocenters. The minimum atomic E-state index is -0.197. The summed E-state index contributed by atoms with van der Waals surface area (Å²) in [5.74, 6) is 1.84. The molecular formula is C11H12Cl2N2O2S. The minimum absolute atomic E-state index is 0.114. The summed E-state index contributed by atoms with van der Waals surface area (Å²) in [6, 6.07) is 2.99. The molecule has 98 valence electrons. The summed E-state index contributed by atoms with van der Waals surface area (Å²) in [4.78, 5) is 12.0. The average Bonchev–Trinajstić information content (AvgIpc) is 2.81. The normalized spacial score (nSPS) is 18.7. The average molecular weight is 307 g/mol. The molecule has 1 fully saturated rings. The third kappa shape index (κ3) is 3.03. The van der Waals surface area contributed by atoms with Crippen LogP contribution in [0.15, 0.2) is 12.1 Å². The summed E-state index contributed by atoms with van der Waals surface area (Å²) in [6.07, 6.45) is 0. The Bertz CT molecular complexity index is 465. The topological polar surface area (TPSA) is 50.4 Å². The molecule has 0 radical (unpaired) electrons. The zero-order chi connectivity index (χ0) is 13.1. The van der Waals surface area contributed by atoms with Gasteiger partial charge in [-0.1, -0.05) is 23.2 Å². The number of carbonyl (C=O) groups is 1. The maximum Gasteiger partial charge on any atom is 0.242 e. The highest BCUT2D eigenvalue weighted by Gasteiger charge is 2.23. The number of ether oxygens (including phenoxy) is 1. The molecule has 7 heteroatoms. The second-order valence-corrected chi connectivity index (χ2v) is 5.60. The molecule has 2 rings (SSSR count). The van der Waals surface area contributed by atoms with Gasteiger partial charge in [-0.3, -0.25) is 10.1 Å². The molecule has 0 spiro atoms. The van der Waals surface area contributed by atoms with Gasteiger partial charge in [-0.05, 0) is 12.1 Å². The highest BCUT2D eigenvalue weighted by Crippen LogP contribution is 2.36. The molecule has 1 aromatic rings. The number of halogens is 2. The summed E-state index contributed by atoms with van der Waals surface area (Å²) in [5, 5.41) is 6.68. The van der Waals surface area contributed by atoms with Crippen molar-refractivity contribution in [3.05, 3.63) is 22.2 Å². The number of methoxy groups -OCH3 is 1. The van der Waals surface area contributed by atoms with Gasteiger partial charge in [0.05, 0.1) is 23.9 Å². The second-order valence-electron chi connectivity index (χ2n) is 3.73. The fraction of sp³-hybridized carbons (Fsp3) is 0.364. The number of amides is 1. The molecule has 0 aliphatic carbocycles. The van der Waals surface area contributed by atoms with Crippen molar-refractivity contribution in [3.63, 3.8) is 0 Å². The number of carbonyl (C=O) groups excluding carboxylic acids is 1. The molecule has 1 aliphatic heterocycles. The highest BCUT2D eigenvalue weighted by molar-refractivity contribution is 7.99. The molecule has 1 aromatic carbocycles. The maximum atomic E-state index is 12.0. The standard InChI is InChI=1S/C11H12Cl2N2O2S/c1-17-10-7(13)2-6(12)3-8(10)15-11(16)9-4-18-5-14-9/h2-3,9,14H,4-5H2,1H3,(H,15,16). The Hall–Kier alpha value is -0.620. The predicted octanol–water partition coefficient (Wildman–Crippen LogP) is 2.60. The molecule has 0 aromatic heterocycles. The van der Waals surface area contributed by atoms with Gasteiger partial charge in [0.25, 0.3) is 0 Å². The van der Waals surface area contributed by atoms with Crippen LogP contribution >= 0.6 is 35.0 Å². The van der Waals surface area contributed by atoms with Crippen molar-refractivity contribution >= 4 is 46.6 Å². The Kier molecular flexibility index (Phi) is 4.61. The summed E-state index contributed by atoms with van der Waals surface area (Å²) >= 11 is 13.6. The lowest BCUT2D eigenvalue weighted by Crippen LogP contribution is -2.37. The molecule has 1 amide bonds. The molecule has 0 saturated carbocycles. The van der Waals surface area contributed by atoms with E-state index in [2.05, 4.69) is 10.6 Å². The Morgan fingerprint density at radius 1 is 1.56 bits per heavy atom. The molecule has 1 atom stereocenters. The Labute approximate surface area is 119 Å². The largest absolute Gasteiger partial charge is 0.493 e. The predicted molar refractivity (Wildman–Crippen MR) is 75.9 cm³/mol. The van der Waals surface area contributed by atoms with Crippen molar-refractivity contribution in [1.82, 2.24) is 5.32 Å². The van der Waals surface area contributed by atoms with Gasteiger partial charge in [0.1, 0.15) is 0 Å². The van der Waals surface area contributed by atoms with Crippen LogP contribution in [0.1, 0.15) is 0 Å². The van der Waals surface area contributed by atoms with Crippen molar-refractivity contribution < 1.29 is 9.53 Å². The van der Waals surface area contributed by atoms with E-state index in [0.29, 0.717) is 21.5 Å². The Morgan fingerprint density at radius 3 is 2.94 bits per heavy atom. The fourth-order valence-corrected chi connectivity index (χ4v) is 3.16. The number of benzene rings is 1. The molecule has 4 nitrogen and oxygen atoms in total. The second kappa shape index (κ2) is 6.02. The van der Waals surface area contributed by atoms with Gasteiger partial charge >= 0.3 is 0 Å². The zero-order valence-corrected chi connectivity index (χ0v) is 12.0. The lowest BCUT2D eigenvalue weighted by Gasteiger charge is -2.14. The highest BCUT2D eigenvalue weighted by atomic mass is 35.5. The first-order valence-electron chi connectivity index (χ1n) is 5.27. The van der Waals surface area contributed by atoms with Crippen LogP contribution in [0.3, 0.4) is 0 Å². The summed E-state index contributed by atoms with van der Waals surface area (Å²) < 4.78 is 5.16. The number of rotatable bonds is 3. The van der Waals surface area contributed by atoms with E-state index in [1.807, 2.05) is 0 Å². The van der Waals surface area contributed by atoms with Crippen molar-refractivity contribution in [3.8, 4) is 5.75 Å². The molecule has 18 heavy (non-hydrogen) atoms. The van der Waals surface area contributed by atoms with Crippen molar-refractivity contribution in [2.75, 3.05) is 24.1 Å². The van der Waals surface area contributed by atoms with Crippen LogP contribution in [-0.2, 0) is 4.79 Å². The number of thioether (sulfide) groups is 1. The van der Waals surface area contributed by atoms with Crippen LogP contribution in [0, 0.1) is 0 Å². The van der Waals surface area contributed by atoms with E-state index in [-0.39, 0.29) is 11.9 Å². The van der Waals surface area contributed by atoms with Gasteiger partial charge in [-0.15, -0.1) is 11.8 Å². The molecule has 2 N–H and O–H groups in total. The third-order valence-corrected chi connectivity index (χ3v) is 3.94. The van der Waals surface area contributed by atoms with Crippen LogP contribution < -0.4 is 15.4 Å². The van der Waals surface area contributed by atoms with E-state index < -0.39 is 0 Å². The fourth-order valence-electron chi connectivity index (χ4n) is 1.64. The first-order valence-corrected chi connectivity index (χ1v) is 7.18. The van der Waals surface area contributed by atoms with Crippen LogP contribution in [-0.4, -0.2) is 30.7 Å². The van der Waals surface area contributed by atoms with E-state index in [1.165, 1.54) is 7.11 Å². The zero-order valence-electron chi connectivity index (χ0n) is 9.63. The Morgan fingerprint density at radius 2 is 2.33 bits per heavy atom. The van der Waals surface area contributed by atoms with E-state index in [1.54, 1.807) is 23.9 Å². The summed E-state index contributed by atoms with van der Waals surface area (Å²) in [7, 11) is 1.49. The monoisotopic (exact) mass is 306 g/mol. The van der Waals surface area contributed by atoms with Crippen molar-refractivity contribution in [2.24, 2.45) is 0 Å². The van der Waals surface area contributed by atoms with E-state index >= 15 is 0 Å². The van der Waals surface area contributed by atoms with Crippen LogP contribution in [0.5, 0.6) is 5.75 Å². The van der Waals surface area contributed by atoms with Gasteiger partial charge < -0.3 is 10.1 Å². The van der Waals surface area contributed by atoms with Gasteiger partial charge in [0.2, 0.25) is 5.91 Å². The van der Waals surface area contributed by atoms with Gasteiger partial charge in [0, 0.05) is 16.7 Å². The van der Waals surface area contributed by atoms with Crippen molar-refractivity contribution in [1.29, 1.82) is 0 Å². The molecular weight excluding hydrogens is 295 g/mol. The third-order valence-electron chi connectivity index (χ3n) is 2.50. The lowest BCUT2D eigenvalue weighted by atomic mass is 10.2. The van der Waals surface area contributed by atoms with Gasteiger partial charge in [-0.2, -0.15) is 0 Å². The number of hydrogen-bond donors (Lipinski definition) is 2. The molecule has 0 bridgehead atoms. The van der Waals surface area contributed by atoms with Crippen LogP contribution in [0.25, 0.3) is 0 Å². The first-order chi connectivity index (χ1) is 8.61. The maximum absolute atomic E-state index is 12.0. The number of anilines is 1. The summed E-state index contributed by atoms with van der Waals surface area (Å²) in [5.41, 5.74) is 0.485. The van der Waals surface area contributed by atoms with E-state index in [4.69, 9.17) is 27.9 Å². The summed E-state index contributed by atoms with van der Waals surface area (Å²) in [6.45, 7) is 0. The molecule has 1 aliphatic rings. The minimum Gasteiger partial charge on any atom is -0.493 e. The van der Waals surface area contributed by atoms with Gasteiger partial charge in [-0.25, -0.2) is 0 Å². The smallest absolute Gasteiger partial charge is 0.242 e.